The van der Waals surface area contributed by atoms with Crippen molar-refractivity contribution in [1.82, 2.24) is 15.2 Å². The minimum absolute atomic E-state index is 0.0608. The number of benzene rings is 2. The van der Waals surface area contributed by atoms with Crippen molar-refractivity contribution in [2.24, 2.45) is 0 Å². The van der Waals surface area contributed by atoms with Gasteiger partial charge in [0.25, 0.3) is 0 Å². The lowest BCUT2D eigenvalue weighted by Crippen LogP contribution is -2.49. The highest BCUT2D eigenvalue weighted by Crippen LogP contribution is 2.35. The van der Waals surface area contributed by atoms with E-state index in [0.29, 0.717) is 30.2 Å². The molecule has 1 aliphatic carbocycles. The molecule has 168 valence electrons. The lowest BCUT2D eigenvalue weighted by atomic mass is 9.96. The molecule has 7 nitrogen and oxygen atoms in total. The third kappa shape index (κ3) is 4.09. The molecular weight excluding hydrogens is 413 g/mol. The van der Waals surface area contributed by atoms with Crippen LogP contribution in [-0.2, 0) is 6.54 Å². The molecule has 2 aromatic carbocycles. The van der Waals surface area contributed by atoms with Crippen molar-refractivity contribution in [1.29, 1.82) is 0 Å². The third-order valence-electron chi connectivity index (χ3n) is 6.22. The van der Waals surface area contributed by atoms with E-state index in [1.165, 1.54) is 18.9 Å². The summed E-state index contributed by atoms with van der Waals surface area (Å²) in [5.74, 6) is 1.36. The Balaban J connectivity index is 1.34. The number of halogens is 1. The van der Waals surface area contributed by atoms with E-state index < -0.39 is 5.82 Å². The first-order chi connectivity index (χ1) is 15.6. The fourth-order valence-electron chi connectivity index (χ4n) is 4.51. The largest absolute Gasteiger partial charge is 0.493 e. The number of amides is 2. The van der Waals surface area contributed by atoms with E-state index in [-0.39, 0.29) is 30.2 Å². The highest BCUT2D eigenvalue weighted by molar-refractivity contribution is 5.76. The van der Waals surface area contributed by atoms with E-state index in [2.05, 4.69) is 10.3 Å². The molecular formula is C24H26FN3O4. The summed E-state index contributed by atoms with van der Waals surface area (Å²) >= 11 is 0. The first kappa shape index (κ1) is 20.6. The number of nitrogens with zero attached hydrogens (tertiary/aromatic N) is 2. The van der Waals surface area contributed by atoms with Crippen LogP contribution in [0.15, 0.2) is 40.8 Å². The molecule has 1 atom stereocenters. The van der Waals surface area contributed by atoms with Gasteiger partial charge < -0.3 is 24.1 Å². The molecule has 2 fully saturated rings. The Morgan fingerprint density at radius 3 is 2.84 bits per heavy atom. The molecule has 1 N–H and O–H groups in total. The SMILES string of the molecule is COc1ccc(C2CNC(=O)N(Cc3nc4cccc(F)c4o3)C2)cc1OC1CCCC1. The van der Waals surface area contributed by atoms with Crippen LogP contribution < -0.4 is 14.8 Å². The monoisotopic (exact) mass is 439 g/mol. The number of methoxy groups -OCH3 is 1. The van der Waals surface area contributed by atoms with Gasteiger partial charge in [0.05, 0.1) is 19.8 Å². The Kier molecular flexibility index (Phi) is 5.59. The van der Waals surface area contributed by atoms with Gasteiger partial charge in [-0.2, -0.15) is 0 Å². The number of nitrogens with one attached hydrogen (secondary N) is 1. The first-order valence-electron chi connectivity index (χ1n) is 11.0. The summed E-state index contributed by atoms with van der Waals surface area (Å²) < 4.78 is 31.2. The highest BCUT2D eigenvalue weighted by Gasteiger charge is 2.29. The maximum atomic E-state index is 13.9. The van der Waals surface area contributed by atoms with Crippen LogP contribution in [-0.4, -0.2) is 42.2 Å². The average Bonchev–Trinajstić information content (AvgIpc) is 3.45. The molecule has 1 aromatic heterocycles. The summed E-state index contributed by atoms with van der Waals surface area (Å²) in [6.07, 6.45) is 4.73. The van der Waals surface area contributed by atoms with Crippen LogP contribution in [0.3, 0.4) is 0 Å². The summed E-state index contributed by atoms with van der Waals surface area (Å²) in [5.41, 5.74) is 1.62. The molecule has 5 rings (SSSR count). The van der Waals surface area contributed by atoms with Gasteiger partial charge in [-0.1, -0.05) is 12.1 Å². The second-order valence-corrected chi connectivity index (χ2v) is 8.39. The standard InChI is InChI=1S/C24H26FN3O4/c1-30-20-10-9-15(11-21(20)31-17-5-2-3-6-17)16-12-26-24(29)28(13-16)14-22-27-19-8-4-7-18(25)23(19)32-22/h4,7-11,16-17H,2-3,5-6,12-14H2,1H3,(H,26,29). The van der Waals surface area contributed by atoms with Gasteiger partial charge in [-0.05, 0) is 55.5 Å². The Morgan fingerprint density at radius 2 is 2.06 bits per heavy atom. The van der Waals surface area contributed by atoms with E-state index in [1.54, 1.807) is 24.1 Å². The number of rotatable bonds is 6. The van der Waals surface area contributed by atoms with Crippen LogP contribution in [0.2, 0.25) is 0 Å². The normalized spacial score (nSPS) is 19.4. The summed E-state index contributed by atoms with van der Waals surface area (Å²) in [6.45, 7) is 1.17. The molecule has 0 spiro atoms. The van der Waals surface area contributed by atoms with Crippen LogP contribution in [0.25, 0.3) is 11.1 Å². The number of aromatic nitrogens is 1. The number of oxazole rings is 1. The fraction of sp³-hybridized carbons (Fsp3) is 0.417. The van der Waals surface area contributed by atoms with Crippen molar-refractivity contribution >= 4 is 17.1 Å². The maximum Gasteiger partial charge on any atom is 0.317 e. The number of urea groups is 1. The minimum Gasteiger partial charge on any atom is -0.493 e. The summed E-state index contributed by atoms with van der Waals surface area (Å²) in [5, 5.41) is 2.94. The molecule has 8 heteroatoms. The predicted molar refractivity (Wildman–Crippen MR) is 116 cm³/mol. The minimum atomic E-state index is -0.463. The summed E-state index contributed by atoms with van der Waals surface area (Å²) in [6, 6.07) is 10.4. The van der Waals surface area contributed by atoms with E-state index >= 15 is 0 Å². The predicted octanol–water partition coefficient (Wildman–Crippen LogP) is 4.61. The number of ether oxygens (including phenoxy) is 2. The number of carbonyl (C=O) groups is 1. The Morgan fingerprint density at radius 1 is 1.22 bits per heavy atom. The van der Waals surface area contributed by atoms with Gasteiger partial charge >= 0.3 is 6.03 Å². The van der Waals surface area contributed by atoms with Gasteiger partial charge in [0.1, 0.15) is 5.52 Å². The molecule has 1 saturated heterocycles. The zero-order valence-corrected chi connectivity index (χ0v) is 18.0. The lowest BCUT2D eigenvalue weighted by molar-refractivity contribution is 0.170. The molecule has 2 aliphatic rings. The molecule has 1 aliphatic heterocycles. The fourth-order valence-corrected chi connectivity index (χ4v) is 4.51. The van der Waals surface area contributed by atoms with E-state index in [1.807, 2.05) is 18.2 Å². The van der Waals surface area contributed by atoms with Crippen molar-refractivity contribution in [3.8, 4) is 11.5 Å². The molecule has 32 heavy (non-hydrogen) atoms. The average molecular weight is 439 g/mol. The van der Waals surface area contributed by atoms with Crippen molar-refractivity contribution in [2.45, 2.75) is 44.2 Å². The first-order valence-corrected chi connectivity index (χ1v) is 11.0. The number of hydrogen-bond donors (Lipinski definition) is 1. The van der Waals surface area contributed by atoms with Crippen LogP contribution in [0.1, 0.15) is 43.1 Å². The lowest BCUT2D eigenvalue weighted by Gasteiger charge is -2.33. The van der Waals surface area contributed by atoms with E-state index in [0.717, 1.165) is 24.2 Å². The zero-order valence-electron chi connectivity index (χ0n) is 18.0. The molecule has 0 bridgehead atoms. The van der Waals surface area contributed by atoms with Gasteiger partial charge in [-0.15, -0.1) is 0 Å². The number of para-hydroxylation sites is 1. The topological polar surface area (TPSA) is 76.8 Å². The zero-order chi connectivity index (χ0) is 22.1. The van der Waals surface area contributed by atoms with Gasteiger partial charge in [-0.25, -0.2) is 14.2 Å². The van der Waals surface area contributed by atoms with Crippen LogP contribution in [0.4, 0.5) is 9.18 Å². The van der Waals surface area contributed by atoms with Crippen molar-refractivity contribution in [2.75, 3.05) is 20.2 Å². The van der Waals surface area contributed by atoms with E-state index in [4.69, 9.17) is 13.9 Å². The summed E-state index contributed by atoms with van der Waals surface area (Å²) in [7, 11) is 1.64. The van der Waals surface area contributed by atoms with Gasteiger partial charge in [0, 0.05) is 19.0 Å². The van der Waals surface area contributed by atoms with E-state index in [9.17, 15) is 9.18 Å². The summed E-state index contributed by atoms with van der Waals surface area (Å²) in [4.78, 5) is 18.4. The highest BCUT2D eigenvalue weighted by atomic mass is 19.1. The van der Waals surface area contributed by atoms with Crippen LogP contribution >= 0.6 is 0 Å². The number of hydrogen-bond acceptors (Lipinski definition) is 5. The number of carbonyl (C=O) groups excluding carboxylic acids is 1. The maximum absolute atomic E-state index is 13.9. The smallest absolute Gasteiger partial charge is 0.317 e. The molecule has 2 heterocycles. The molecule has 1 unspecified atom stereocenters. The molecule has 2 amide bonds. The van der Waals surface area contributed by atoms with Gasteiger partial charge in [0.15, 0.2) is 22.9 Å². The third-order valence-corrected chi connectivity index (χ3v) is 6.22. The quantitative estimate of drug-likeness (QED) is 0.607. The van der Waals surface area contributed by atoms with Crippen molar-refractivity contribution < 1.29 is 23.1 Å². The van der Waals surface area contributed by atoms with Gasteiger partial charge in [0.2, 0.25) is 5.89 Å². The van der Waals surface area contributed by atoms with Gasteiger partial charge in [-0.3, -0.25) is 0 Å². The Hall–Kier alpha value is -3.29. The van der Waals surface area contributed by atoms with Crippen molar-refractivity contribution in [3.05, 3.63) is 53.7 Å². The molecule has 1 saturated carbocycles. The second kappa shape index (κ2) is 8.68. The van der Waals surface area contributed by atoms with Crippen LogP contribution in [0, 0.1) is 5.82 Å². The molecule has 0 radical (unpaired) electrons. The Bertz CT molecular complexity index is 1130. The van der Waals surface area contributed by atoms with Crippen molar-refractivity contribution in [3.63, 3.8) is 0 Å². The molecule has 3 aromatic rings. The van der Waals surface area contributed by atoms with Crippen LogP contribution in [0.5, 0.6) is 11.5 Å². The number of fused-ring (bicyclic) bond motifs is 1. The second-order valence-electron chi connectivity index (χ2n) is 8.39. The Labute approximate surface area is 185 Å².